The van der Waals surface area contributed by atoms with Gasteiger partial charge < -0.3 is 5.11 Å². The van der Waals surface area contributed by atoms with Gasteiger partial charge in [-0.2, -0.15) is 0 Å². The van der Waals surface area contributed by atoms with Gasteiger partial charge in [0.05, 0.1) is 0 Å². The molecule has 134 valence electrons. The van der Waals surface area contributed by atoms with Crippen molar-refractivity contribution in [2.24, 2.45) is 5.92 Å². The van der Waals surface area contributed by atoms with E-state index in [9.17, 15) is 5.11 Å². The zero-order valence-electron chi connectivity index (χ0n) is 15.2. The van der Waals surface area contributed by atoms with Gasteiger partial charge in [0.2, 0.25) is 0 Å². The van der Waals surface area contributed by atoms with E-state index in [0.29, 0.717) is 17.7 Å². The topological polar surface area (TPSA) is 26.7 Å². The molecule has 4 heteroatoms. The first-order chi connectivity index (χ1) is 12.0. The van der Waals surface area contributed by atoms with Crippen LogP contribution in [-0.4, -0.2) is 47.1 Å². The lowest BCUT2D eigenvalue weighted by molar-refractivity contribution is -0.00530. The first-order valence-electron chi connectivity index (χ1n) is 9.33. The zero-order chi connectivity index (χ0) is 17.4. The number of hydrogen-bond donors (Lipinski definition) is 1. The number of piperidine rings is 1. The maximum atomic E-state index is 9.95. The Morgan fingerprint density at radius 1 is 1.20 bits per heavy atom. The Hall–Kier alpha value is -1.36. The van der Waals surface area contributed by atoms with E-state index < -0.39 is 0 Å². The number of aromatic hydroxyl groups is 1. The van der Waals surface area contributed by atoms with Crippen LogP contribution in [0.2, 0.25) is 0 Å². The van der Waals surface area contributed by atoms with Crippen LogP contribution >= 0.6 is 11.3 Å². The normalized spacial score (nSPS) is 31.0. The summed E-state index contributed by atoms with van der Waals surface area (Å²) in [4.78, 5) is 6.78. The van der Waals surface area contributed by atoms with Crippen LogP contribution in [0.4, 0.5) is 0 Å². The molecule has 0 saturated carbocycles. The molecule has 3 heterocycles. The number of hydrogen-bond acceptors (Lipinski definition) is 4. The predicted octanol–water partition coefficient (Wildman–Crippen LogP) is 3.94. The highest BCUT2D eigenvalue weighted by molar-refractivity contribution is 7.09. The molecule has 1 N–H and O–H groups in total. The molecule has 0 spiro atoms. The highest BCUT2D eigenvalue weighted by atomic mass is 32.1. The summed E-state index contributed by atoms with van der Waals surface area (Å²) in [6.45, 7) is 10.5. The molecule has 1 unspecified atom stereocenters. The third kappa shape index (κ3) is 3.35. The largest absolute Gasteiger partial charge is 0.508 e. The molecule has 2 saturated heterocycles. The molecule has 2 aromatic rings. The number of fused-ring (bicyclic) bond motifs is 1. The monoisotopic (exact) mass is 356 g/mol. The maximum Gasteiger partial charge on any atom is 0.115 e. The average Bonchev–Trinajstić information content (AvgIpc) is 3.09. The van der Waals surface area contributed by atoms with E-state index in [-0.39, 0.29) is 5.41 Å². The second-order valence-electron chi connectivity index (χ2n) is 8.04. The van der Waals surface area contributed by atoms with Crippen molar-refractivity contribution in [3.8, 4) is 5.75 Å². The Morgan fingerprint density at radius 2 is 2.08 bits per heavy atom. The first kappa shape index (κ1) is 17.1. The SMILES string of the molecule is C[C@H]1CN2CCN(Cc3cccs3)CC2C[C@@]1(C)c1cccc(O)c1. The average molecular weight is 357 g/mol. The summed E-state index contributed by atoms with van der Waals surface area (Å²) in [5, 5.41) is 12.1. The third-order valence-electron chi connectivity index (χ3n) is 6.41. The molecule has 0 bridgehead atoms. The van der Waals surface area contributed by atoms with Gasteiger partial charge in [-0.05, 0) is 46.9 Å². The molecule has 2 aliphatic heterocycles. The van der Waals surface area contributed by atoms with Crippen LogP contribution in [0.5, 0.6) is 5.75 Å². The molecule has 3 nitrogen and oxygen atoms in total. The van der Waals surface area contributed by atoms with Crippen LogP contribution < -0.4 is 0 Å². The molecule has 25 heavy (non-hydrogen) atoms. The van der Waals surface area contributed by atoms with E-state index in [0.717, 1.165) is 19.6 Å². The van der Waals surface area contributed by atoms with Crippen molar-refractivity contribution < 1.29 is 5.11 Å². The Labute approximate surface area is 154 Å². The predicted molar refractivity (Wildman–Crippen MR) is 104 cm³/mol. The lowest BCUT2D eigenvalue weighted by Crippen LogP contribution is -2.60. The highest BCUT2D eigenvalue weighted by Gasteiger charge is 2.44. The Kier molecular flexibility index (Phi) is 4.61. The quantitative estimate of drug-likeness (QED) is 0.902. The first-order valence-corrected chi connectivity index (χ1v) is 10.2. The van der Waals surface area contributed by atoms with E-state index >= 15 is 0 Å². The molecule has 0 radical (unpaired) electrons. The molecule has 0 amide bonds. The van der Waals surface area contributed by atoms with Crippen molar-refractivity contribution >= 4 is 11.3 Å². The van der Waals surface area contributed by atoms with Crippen LogP contribution in [0.1, 0.15) is 30.7 Å². The van der Waals surface area contributed by atoms with Crippen LogP contribution in [0, 0.1) is 5.92 Å². The maximum absolute atomic E-state index is 9.95. The van der Waals surface area contributed by atoms with Gasteiger partial charge in [0.25, 0.3) is 0 Å². The summed E-state index contributed by atoms with van der Waals surface area (Å²) in [5.41, 5.74) is 1.42. The molecule has 1 aromatic heterocycles. The van der Waals surface area contributed by atoms with Crippen molar-refractivity contribution in [2.75, 3.05) is 26.2 Å². The summed E-state index contributed by atoms with van der Waals surface area (Å²) in [6.07, 6.45) is 1.17. The summed E-state index contributed by atoms with van der Waals surface area (Å²) in [6, 6.07) is 12.9. The lowest BCUT2D eigenvalue weighted by Gasteiger charge is -2.53. The second kappa shape index (κ2) is 6.75. The van der Waals surface area contributed by atoms with Crippen molar-refractivity contribution in [2.45, 2.75) is 38.3 Å². The van der Waals surface area contributed by atoms with Crippen molar-refractivity contribution in [3.63, 3.8) is 0 Å². The Morgan fingerprint density at radius 3 is 2.84 bits per heavy atom. The van der Waals surface area contributed by atoms with Gasteiger partial charge in [0.15, 0.2) is 0 Å². The Balaban J connectivity index is 1.51. The molecular weight excluding hydrogens is 328 g/mol. The van der Waals surface area contributed by atoms with Crippen LogP contribution in [0.25, 0.3) is 0 Å². The lowest BCUT2D eigenvalue weighted by atomic mass is 9.65. The van der Waals surface area contributed by atoms with Gasteiger partial charge >= 0.3 is 0 Å². The number of rotatable bonds is 3. The van der Waals surface area contributed by atoms with Gasteiger partial charge in [-0.25, -0.2) is 0 Å². The molecule has 0 aliphatic carbocycles. The van der Waals surface area contributed by atoms with Crippen LogP contribution in [0.15, 0.2) is 41.8 Å². The number of piperazine rings is 1. The summed E-state index contributed by atoms with van der Waals surface area (Å²) < 4.78 is 0. The molecule has 3 atom stereocenters. The molecule has 4 rings (SSSR count). The minimum Gasteiger partial charge on any atom is -0.508 e. The van der Waals surface area contributed by atoms with Gasteiger partial charge in [0.1, 0.15) is 5.75 Å². The summed E-state index contributed by atoms with van der Waals surface area (Å²) >= 11 is 1.86. The standard InChI is InChI=1S/C21H28N2OS/c1-16-13-23-9-8-22(15-20-7-4-10-25-20)14-18(23)12-21(16,2)17-5-3-6-19(24)11-17/h3-7,10-11,16,18,24H,8-9,12-15H2,1-2H3/t16-,18?,21+/m0/s1. The minimum absolute atomic E-state index is 0.131. The number of benzene rings is 1. The molecular formula is C21H28N2OS. The number of phenolic OH excluding ortho intramolecular Hbond substituents is 1. The minimum atomic E-state index is 0.131. The van der Waals surface area contributed by atoms with Gasteiger partial charge in [-0.3, -0.25) is 9.80 Å². The van der Waals surface area contributed by atoms with E-state index in [1.807, 2.05) is 23.5 Å². The third-order valence-corrected chi connectivity index (χ3v) is 7.27. The Bertz CT molecular complexity index is 716. The molecule has 2 aliphatic rings. The summed E-state index contributed by atoms with van der Waals surface area (Å²) in [7, 11) is 0. The van der Waals surface area contributed by atoms with E-state index in [1.165, 1.54) is 30.0 Å². The number of thiophene rings is 1. The van der Waals surface area contributed by atoms with Crippen molar-refractivity contribution in [1.82, 2.24) is 9.80 Å². The van der Waals surface area contributed by atoms with Gasteiger partial charge in [-0.15, -0.1) is 11.3 Å². The fraction of sp³-hybridized carbons (Fsp3) is 0.524. The summed E-state index contributed by atoms with van der Waals surface area (Å²) in [5.74, 6) is 0.978. The van der Waals surface area contributed by atoms with E-state index in [2.05, 4.69) is 47.2 Å². The fourth-order valence-electron chi connectivity index (χ4n) is 4.67. The molecule has 2 fully saturated rings. The van der Waals surface area contributed by atoms with Gasteiger partial charge in [0, 0.05) is 43.6 Å². The zero-order valence-corrected chi connectivity index (χ0v) is 16.0. The van der Waals surface area contributed by atoms with Crippen LogP contribution in [-0.2, 0) is 12.0 Å². The highest BCUT2D eigenvalue weighted by Crippen LogP contribution is 2.43. The fourth-order valence-corrected chi connectivity index (χ4v) is 5.41. The van der Waals surface area contributed by atoms with E-state index in [4.69, 9.17) is 0 Å². The van der Waals surface area contributed by atoms with E-state index in [1.54, 1.807) is 6.07 Å². The number of phenols is 1. The van der Waals surface area contributed by atoms with Crippen molar-refractivity contribution in [3.05, 3.63) is 52.2 Å². The smallest absolute Gasteiger partial charge is 0.115 e. The second-order valence-corrected chi connectivity index (χ2v) is 9.07. The van der Waals surface area contributed by atoms with Gasteiger partial charge in [-0.1, -0.05) is 32.0 Å². The van der Waals surface area contributed by atoms with Crippen LogP contribution in [0.3, 0.4) is 0 Å². The molecule has 1 aromatic carbocycles. The number of nitrogens with zero attached hydrogens (tertiary/aromatic N) is 2. The van der Waals surface area contributed by atoms with Crippen molar-refractivity contribution in [1.29, 1.82) is 0 Å².